The van der Waals surface area contributed by atoms with Crippen LogP contribution in [0.3, 0.4) is 0 Å². The standard InChI is InChI=1S/C50H31NO2/c1-3-18-36-32(13-1)15-10-22-37(36)34-16-9-17-35(31-34)51(46-27-12-25-42-40-21-6-8-28-47(40)52-50(42)46)45-26-7-5-20-39(45)41-23-11-24-43-44-30-29-33-14-2-4-19-38(33)48(44)53-49(41)43/h1-31H. The Balaban J connectivity index is 1.19. The lowest BCUT2D eigenvalue weighted by Gasteiger charge is -2.28. The van der Waals surface area contributed by atoms with Gasteiger partial charge in [-0.25, -0.2) is 0 Å². The van der Waals surface area contributed by atoms with Crippen LogP contribution in [-0.4, -0.2) is 0 Å². The SMILES string of the molecule is c1cc(-c2cccc3ccccc23)cc(N(c2ccccc2-c2cccc3c2oc2c4ccccc4ccc32)c2cccc3c2oc2ccccc23)c1. The van der Waals surface area contributed by atoms with Crippen LogP contribution in [0.4, 0.5) is 17.1 Å². The molecule has 53 heavy (non-hydrogen) atoms. The molecule has 0 aliphatic carbocycles. The number of para-hydroxylation sites is 4. The van der Waals surface area contributed by atoms with Crippen molar-refractivity contribution in [2.24, 2.45) is 0 Å². The Kier molecular flexibility index (Phi) is 6.55. The van der Waals surface area contributed by atoms with Crippen LogP contribution in [-0.2, 0) is 0 Å². The van der Waals surface area contributed by atoms with E-state index in [1.807, 2.05) is 12.1 Å². The normalized spacial score (nSPS) is 11.8. The molecular weight excluding hydrogens is 647 g/mol. The Bertz CT molecular complexity index is 3200. The number of furan rings is 2. The minimum atomic E-state index is 0.840. The summed E-state index contributed by atoms with van der Waals surface area (Å²) < 4.78 is 13.6. The first-order chi connectivity index (χ1) is 26.3. The predicted octanol–water partition coefficient (Wildman–Crippen LogP) is 14.6. The molecular formula is C50H31NO2. The zero-order valence-corrected chi connectivity index (χ0v) is 28.7. The maximum absolute atomic E-state index is 6.89. The molecule has 3 heteroatoms. The van der Waals surface area contributed by atoms with Crippen molar-refractivity contribution in [1.82, 2.24) is 0 Å². The van der Waals surface area contributed by atoms with Crippen molar-refractivity contribution in [1.29, 1.82) is 0 Å². The molecule has 0 saturated carbocycles. The van der Waals surface area contributed by atoms with Gasteiger partial charge in [0.25, 0.3) is 0 Å². The third kappa shape index (κ3) is 4.61. The Morgan fingerprint density at radius 2 is 0.906 bits per heavy atom. The van der Waals surface area contributed by atoms with Crippen LogP contribution in [0.1, 0.15) is 0 Å². The first kappa shape index (κ1) is 29.6. The molecule has 0 aliphatic heterocycles. The van der Waals surface area contributed by atoms with Crippen LogP contribution in [0, 0.1) is 0 Å². The lowest BCUT2D eigenvalue weighted by Crippen LogP contribution is -2.11. The first-order valence-corrected chi connectivity index (χ1v) is 18.0. The number of nitrogens with zero attached hydrogens (tertiary/aromatic N) is 1. The van der Waals surface area contributed by atoms with E-state index in [4.69, 9.17) is 8.83 Å². The summed E-state index contributed by atoms with van der Waals surface area (Å²) in [4.78, 5) is 2.35. The van der Waals surface area contributed by atoms with Crippen molar-refractivity contribution in [3.05, 3.63) is 188 Å². The molecule has 3 nitrogen and oxygen atoms in total. The molecule has 2 heterocycles. The molecule has 11 aromatic rings. The second-order valence-electron chi connectivity index (χ2n) is 13.6. The monoisotopic (exact) mass is 677 g/mol. The molecule has 248 valence electrons. The predicted molar refractivity (Wildman–Crippen MR) is 222 cm³/mol. The molecule has 9 aromatic carbocycles. The molecule has 0 saturated heterocycles. The van der Waals surface area contributed by atoms with Gasteiger partial charge < -0.3 is 13.7 Å². The smallest absolute Gasteiger partial charge is 0.159 e. The number of hydrogen-bond donors (Lipinski definition) is 0. The van der Waals surface area contributed by atoms with Crippen molar-refractivity contribution >= 4 is 82.5 Å². The van der Waals surface area contributed by atoms with Gasteiger partial charge in [-0.2, -0.15) is 0 Å². The van der Waals surface area contributed by atoms with E-state index in [1.54, 1.807) is 0 Å². The van der Waals surface area contributed by atoms with Gasteiger partial charge in [-0.05, 0) is 63.7 Å². The van der Waals surface area contributed by atoms with Gasteiger partial charge in [0.15, 0.2) is 5.58 Å². The second kappa shape index (κ2) is 11.7. The summed E-state index contributed by atoms with van der Waals surface area (Å²) in [7, 11) is 0. The average molecular weight is 678 g/mol. The zero-order valence-electron chi connectivity index (χ0n) is 28.7. The molecule has 0 radical (unpaired) electrons. The Morgan fingerprint density at radius 1 is 0.321 bits per heavy atom. The van der Waals surface area contributed by atoms with Crippen LogP contribution in [0.2, 0.25) is 0 Å². The molecule has 0 spiro atoms. The fourth-order valence-electron chi connectivity index (χ4n) is 8.24. The fourth-order valence-corrected chi connectivity index (χ4v) is 8.24. The van der Waals surface area contributed by atoms with Gasteiger partial charge >= 0.3 is 0 Å². The van der Waals surface area contributed by atoms with Gasteiger partial charge in [-0.15, -0.1) is 0 Å². The van der Waals surface area contributed by atoms with Crippen molar-refractivity contribution in [2.45, 2.75) is 0 Å². The van der Waals surface area contributed by atoms with Gasteiger partial charge in [-0.1, -0.05) is 152 Å². The van der Waals surface area contributed by atoms with E-state index in [0.29, 0.717) is 0 Å². The minimum absolute atomic E-state index is 0.840. The Hall–Kier alpha value is -7.10. The zero-order chi connectivity index (χ0) is 34.9. The largest absolute Gasteiger partial charge is 0.455 e. The van der Waals surface area contributed by atoms with Gasteiger partial charge in [-0.3, -0.25) is 0 Å². The lowest BCUT2D eigenvalue weighted by molar-refractivity contribution is 0.669. The van der Waals surface area contributed by atoms with Crippen LogP contribution in [0.15, 0.2) is 197 Å². The quantitative estimate of drug-likeness (QED) is 0.182. The third-order valence-electron chi connectivity index (χ3n) is 10.7. The van der Waals surface area contributed by atoms with Gasteiger partial charge in [0.2, 0.25) is 0 Å². The van der Waals surface area contributed by atoms with Crippen molar-refractivity contribution in [2.75, 3.05) is 4.90 Å². The summed E-state index contributed by atoms with van der Waals surface area (Å²) in [5.74, 6) is 0. The number of benzene rings is 9. The molecule has 0 fully saturated rings. The van der Waals surface area contributed by atoms with Gasteiger partial charge in [0.05, 0.1) is 11.4 Å². The summed E-state index contributed by atoms with van der Waals surface area (Å²) in [6.07, 6.45) is 0. The molecule has 2 aromatic heterocycles. The van der Waals surface area contributed by atoms with E-state index in [9.17, 15) is 0 Å². The van der Waals surface area contributed by atoms with E-state index >= 15 is 0 Å². The van der Waals surface area contributed by atoms with E-state index in [2.05, 4.69) is 181 Å². The topological polar surface area (TPSA) is 29.5 Å². The molecule has 0 bridgehead atoms. The molecule has 0 aliphatic rings. The number of rotatable bonds is 5. The number of hydrogen-bond acceptors (Lipinski definition) is 3. The van der Waals surface area contributed by atoms with E-state index in [-0.39, 0.29) is 0 Å². The Labute approximate surface area is 305 Å². The molecule has 11 rings (SSSR count). The van der Waals surface area contributed by atoms with Crippen LogP contribution >= 0.6 is 0 Å². The average Bonchev–Trinajstić information content (AvgIpc) is 3.81. The van der Waals surface area contributed by atoms with Crippen LogP contribution < -0.4 is 4.90 Å². The lowest BCUT2D eigenvalue weighted by atomic mass is 9.96. The van der Waals surface area contributed by atoms with Crippen LogP contribution in [0.5, 0.6) is 0 Å². The number of fused-ring (bicyclic) bond motifs is 9. The summed E-state index contributed by atoms with van der Waals surface area (Å²) in [5.41, 5.74) is 10.9. The second-order valence-corrected chi connectivity index (χ2v) is 13.6. The van der Waals surface area contributed by atoms with Gasteiger partial charge in [0.1, 0.15) is 16.7 Å². The number of anilines is 3. The maximum atomic E-state index is 6.89. The highest BCUT2D eigenvalue weighted by Crippen LogP contribution is 2.48. The Morgan fingerprint density at radius 3 is 1.81 bits per heavy atom. The fraction of sp³-hybridized carbons (Fsp3) is 0. The van der Waals surface area contributed by atoms with Crippen molar-refractivity contribution in [3.8, 4) is 22.3 Å². The summed E-state index contributed by atoms with van der Waals surface area (Å²) in [6, 6.07) is 66.7. The highest BCUT2D eigenvalue weighted by Gasteiger charge is 2.24. The first-order valence-electron chi connectivity index (χ1n) is 18.0. The molecule has 0 N–H and O–H groups in total. The summed E-state index contributed by atoms with van der Waals surface area (Å²) >= 11 is 0. The summed E-state index contributed by atoms with van der Waals surface area (Å²) in [6.45, 7) is 0. The van der Waals surface area contributed by atoms with E-state index in [0.717, 1.165) is 88.4 Å². The van der Waals surface area contributed by atoms with E-state index < -0.39 is 0 Å². The van der Waals surface area contributed by atoms with Gasteiger partial charge in [0, 0.05) is 43.7 Å². The minimum Gasteiger partial charge on any atom is -0.455 e. The van der Waals surface area contributed by atoms with Crippen molar-refractivity contribution in [3.63, 3.8) is 0 Å². The molecule has 0 amide bonds. The van der Waals surface area contributed by atoms with Crippen LogP contribution in [0.25, 0.3) is 87.7 Å². The summed E-state index contributed by atoms with van der Waals surface area (Å²) in [5, 5.41) is 9.12. The highest BCUT2D eigenvalue weighted by atomic mass is 16.3. The van der Waals surface area contributed by atoms with E-state index in [1.165, 1.54) is 16.3 Å². The molecule has 0 unspecified atom stereocenters. The van der Waals surface area contributed by atoms with Crippen molar-refractivity contribution < 1.29 is 8.83 Å². The molecule has 0 atom stereocenters. The highest BCUT2D eigenvalue weighted by molar-refractivity contribution is 6.18. The maximum Gasteiger partial charge on any atom is 0.159 e. The third-order valence-corrected chi connectivity index (χ3v) is 10.7.